The molecule has 0 heterocycles. The van der Waals surface area contributed by atoms with Crippen LogP contribution in [-0.2, 0) is 10.0 Å². The number of aliphatic hydroxyl groups is 1. The molecule has 1 rings (SSSR count). The highest BCUT2D eigenvalue weighted by Crippen LogP contribution is 2.16. The van der Waals surface area contributed by atoms with Crippen LogP contribution in [0.5, 0.6) is 0 Å². The molecular formula is C11H16ClNO3S. The Labute approximate surface area is 107 Å². The van der Waals surface area contributed by atoms with E-state index >= 15 is 0 Å². The Kier molecular flexibility index (Phi) is 4.55. The molecule has 1 atom stereocenters. The van der Waals surface area contributed by atoms with Crippen LogP contribution in [0.1, 0.15) is 20.3 Å². The molecule has 1 aromatic carbocycles. The van der Waals surface area contributed by atoms with Gasteiger partial charge in [0.25, 0.3) is 0 Å². The van der Waals surface area contributed by atoms with E-state index in [9.17, 15) is 13.5 Å². The maximum absolute atomic E-state index is 11.9. The standard InChI is InChI=1S/C11H16ClNO3S/c1-3-11(2,14)8-13-17(15,16)10-6-4-5-9(12)7-10/h4-7,13-14H,3,8H2,1-2H3. The summed E-state index contributed by atoms with van der Waals surface area (Å²) >= 11 is 5.73. The maximum Gasteiger partial charge on any atom is 0.240 e. The van der Waals surface area contributed by atoms with E-state index < -0.39 is 15.6 Å². The number of halogens is 1. The van der Waals surface area contributed by atoms with Gasteiger partial charge in [0.1, 0.15) is 0 Å². The van der Waals surface area contributed by atoms with Crippen molar-refractivity contribution in [2.24, 2.45) is 0 Å². The third-order valence-electron chi connectivity index (χ3n) is 2.51. The van der Waals surface area contributed by atoms with Crippen LogP contribution in [0, 0.1) is 0 Å². The summed E-state index contributed by atoms with van der Waals surface area (Å²) in [5.74, 6) is 0. The highest BCUT2D eigenvalue weighted by atomic mass is 35.5. The summed E-state index contributed by atoms with van der Waals surface area (Å²) in [4.78, 5) is 0.0944. The Hall–Kier alpha value is -0.620. The molecule has 17 heavy (non-hydrogen) atoms. The highest BCUT2D eigenvalue weighted by molar-refractivity contribution is 7.89. The van der Waals surface area contributed by atoms with Crippen molar-refractivity contribution in [1.82, 2.24) is 4.72 Å². The molecule has 0 saturated heterocycles. The molecule has 0 aliphatic carbocycles. The summed E-state index contributed by atoms with van der Waals surface area (Å²) < 4.78 is 26.1. The Morgan fingerprint density at radius 2 is 2.12 bits per heavy atom. The smallest absolute Gasteiger partial charge is 0.240 e. The van der Waals surface area contributed by atoms with Gasteiger partial charge in [-0.3, -0.25) is 0 Å². The number of rotatable bonds is 5. The number of benzene rings is 1. The number of hydrogen-bond acceptors (Lipinski definition) is 3. The van der Waals surface area contributed by atoms with Crippen molar-refractivity contribution in [3.8, 4) is 0 Å². The van der Waals surface area contributed by atoms with Crippen LogP contribution in [0.25, 0.3) is 0 Å². The summed E-state index contributed by atoms with van der Waals surface area (Å²) in [6.45, 7) is 3.33. The van der Waals surface area contributed by atoms with Crippen LogP contribution in [0.4, 0.5) is 0 Å². The van der Waals surface area contributed by atoms with Gasteiger partial charge in [0, 0.05) is 11.6 Å². The van der Waals surface area contributed by atoms with Crippen LogP contribution >= 0.6 is 11.6 Å². The van der Waals surface area contributed by atoms with Gasteiger partial charge in [-0.1, -0.05) is 24.6 Å². The Balaban J connectivity index is 2.83. The van der Waals surface area contributed by atoms with Crippen molar-refractivity contribution in [3.05, 3.63) is 29.3 Å². The summed E-state index contributed by atoms with van der Waals surface area (Å²) in [5, 5.41) is 10.1. The van der Waals surface area contributed by atoms with Gasteiger partial charge in [-0.15, -0.1) is 0 Å². The zero-order valence-corrected chi connectivity index (χ0v) is 11.3. The molecule has 0 amide bonds. The fourth-order valence-electron chi connectivity index (χ4n) is 1.09. The first-order chi connectivity index (χ1) is 7.77. The molecule has 0 radical (unpaired) electrons. The van der Waals surface area contributed by atoms with Gasteiger partial charge in [-0.05, 0) is 31.5 Å². The molecule has 0 saturated carbocycles. The van der Waals surface area contributed by atoms with Crippen LogP contribution < -0.4 is 4.72 Å². The first-order valence-corrected chi connectivity index (χ1v) is 7.10. The van der Waals surface area contributed by atoms with E-state index in [1.54, 1.807) is 26.0 Å². The first-order valence-electron chi connectivity index (χ1n) is 5.24. The number of sulfonamides is 1. The van der Waals surface area contributed by atoms with Crippen molar-refractivity contribution >= 4 is 21.6 Å². The van der Waals surface area contributed by atoms with Crippen LogP contribution in [-0.4, -0.2) is 25.7 Å². The topological polar surface area (TPSA) is 66.4 Å². The predicted molar refractivity (Wildman–Crippen MR) is 67.6 cm³/mol. The SMILES string of the molecule is CCC(C)(O)CNS(=O)(=O)c1cccc(Cl)c1. The maximum atomic E-state index is 11.9. The van der Waals surface area contributed by atoms with E-state index in [1.807, 2.05) is 0 Å². The fraction of sp³-hybridized carbons (Fsp3) is 0.455. The quantitative estimate of drug-likeness (QED) is 0.862. The lowest BCUT2D eigenvalue weighted by Gasteiger charge is -2.21. The van der Waals surface area contributed by atoms with Crippen LogP contribution in [0.2, 0.25) is 5.02 Å². The summed E-state index contributed by atoms with van der Waals surface area (Å²) in [5.41, 5.74) is -1.05. The summed E-state index contributed by atoms with van der Waals surface area (Å²) in [6, 6.07) is 5.98. The largest absolute Gasteiger partial charge is 0.389 e. The Morgan fingerprint density at radius 3 is 2.65 bits per heavy atom. The molecule has 0 aromatic heterocycles. The van der Waals surface area contributed by atoms with E-state index in [-0.39, 0.29) is 11.4 Å². The number of nitrogens with one attached hydrogen (secondary N) is 1. The van der Waals surface area contributed by atoms with Crippen molar-refractivity contribution in [1.29, 1.82) is 0 Å². The minimum absolute atomic E-state index is 0.0294. The monoisotopic (exact) mass is 277 g/mol. The average Bonchev–Trinajstić information content (AvgIpc) is 2.27. The molecule has 96 valence electrons. The molecule has 0 aliphatic rings. The minimum atomic E-state index is -3.62. The van der Waals surface area contributed by atoms with E-state index in [0.29, 0.717) is 11.4 Å². The predicted octanol–water partition coefficient (Wildman–Crippen LogP) is 1.78. The van der Waals surface area contributed by atoms with E-state index in [1.165, 1.54) is 12.1 Å². The molecule has 0 fully saturated rings. The molecule has 1 unspecified atom stereocenters. The zero-order valence-electron chi connectivity index (χ0n) is 9.77. The second kappa shape index (κ2) is 5.35. The highest BCUT2D eigenvalue weighted by Gasteiger charge is 2.22. The molecule has 0 bridgehead atoms. The lowest BCUT2D eigenvalue weighted by atomic mass is 10.1. The second-order valence-corrected chi connectivity index (χ2v) is 6.34. The van der Waals surface area contributed by atoms with Crippen molar-refractivity contribution in [2.75, 3.05) is 6.54 Å². The molecular weight excluding hydrogens is 262 g/mol. The first kappa shape index (κ1) is 14.4. The molecule has 4 nitrogen and oxygen atoms in total. The van der Waals surface area contributed by atoms with Gasteiger partial charge in [-0.25, -0.2) is 13.1 Å². The van der Waals surface area contributed by atoms with Gasteiger partial charge in [0.2, 0.25) is 10.0 Å². The third-order valence-corrected chi connectivity index (χ3v) is 4.15. The number of hydrogen-bond donors (Lipinski definition) is 2. The summed E-state index contributed by atoms with van der Waals surface area (Å²) in [6.07, 6.45) is 0.463. The molecule has 0 aliphatic heterocycles. The second-order valence-electron chi connectivity index (χ2n) is 4.13. The van der Waals surface area contributed by atoms with E-state index in [0.717, 1.165) is 0 Å². The molecule has 0 spiro atoms. The molecule has 1 aromatic rings. The normalized spacial score (nSPS) is 15.5. The van der Waals surface area contributed by atoms with Gasteiger partial charge >= 0.3 is 0 Å². The van der Waals surface area contributed by atoms with Gasteiger partial charge < -0.3 is 5.11 Å². The Bertz CT molecular complexity index is 485. The van der Waals surface area contributed by atoms with Gasteiger partial charge in [0.15, 0.2) is 0 Å². The lowest BCUT2D eigenvalue weighted by molar-refractivity contribution is 0.0613. The van der Waals surface area contributed by atoms with Gasteiger partial charge in [-0.2, -0.15) is 0 Å². The third kappa shape index (κ3) is 4.27. The minimum Gasteiger partial charge on any atom is -0.389 e. The fourth-order valence-corrected chi connectivity index (χ4v) is 2.56. The Morgan fingerprint density at radius 1 is 1.47 bits per heavy atom. The van der Waals surface area contributed by atoms with Gasteiger partial charge in [0.05, 0.1) is 10.5 Å². The van der Waals surface area contributed by atoms with Crippen molar-refractivity contribution < 1.29 is 13.5 Å². The molecule has 2 N–H and O–H groups in total. The van der Waals surface area contributed by atoms with E-state index in [2.05, 4.69) is 4.72 Å². The lowest BCUT2D eigenvalue weighted by Crippen LogP contribution is -2.40. The van der Waals surface area contributed by atoms with Crippen LogP contribution in [0.3, 0.4) is 0 Å². The summed E-state index contributed by atoms with van der Waals surface area (Å²) in [7, 11) is -3.62. The average molecular weight is 278 g/mol. The zero-order chi connectivity index (χ0) is 13.1. The van der Waals surface area contributed by atoms with Crippen molar-refractivity contribution in [2.45, 2.75) is 30.8 Å². The molecule has 6 heteroatoms. The van der Waals surface area contributed by atoms with Crippen molar-refractivity contribution in [3.63, 3.8) is 0 Å². The van der Waals surface area contributed by atoms with Crippen LogP contribution in [0.15, 0.2) is 29.2 Å². The van der Waals surface area contributed by atoms with E-state index in [4.69, 9.17) is 11.6 Å².